The predicted octanol–water partition coefficient (Wildman–Crippen LogP) is 0.254. The topological polar surface area (TPSA) is 69.6 Å². The lowest BCUT2D eigenvalue weighted by Crippen LogP contribution is -1.93. The second-order valence-corrected chi connectivity index (χ2v) is 2.67. The second kappa shape index (κ2) is 2.17. The lowest BCUT2D eigenvalue weighted by atomic mass is 10.3. The molecule has 0 aliphatic rings. The molecule has 0 atom stereocenters. The molecule has 2 rings (SSSR count). The van der Waals surface area contributed by atoms with Crippen LogP contribution < -0.4 is 5.73 Å². The van der Waals surface area contributed by atoms with E-state index in [4.69, 9.17) is 5.73 Å². The Hall–Kier alpha value is -1.65. The SMILES string of the molecule is Cc1c2c(N)ncnc2nn1C. The van der Waals surface area contributed by atoms with Crippen molar-refractivity contribution in [3.8, 4) is 0 Å². The highest BCUT2D eigenvalue weighted by atomic mass is 15.3. The van der Waals surface area contributed by atoms with E-state index in [1.165, 1.54) is 6.33 Å². The van der Waals surface area contributed by atoms with Crippen LogP contribution in [0.3, 0.4) is 0 Å². The monoisotopic (exact) mass is 163 g/mol. The van der Waals surface area contributed by atoms with E-state index in [2.05, 4.69) is 15.1 Å². The molecule has 2 aromatic rings. The highest BCUT2D eigenvalue weighted by molar-refractivity contribution is 5.87. The number of nitrogens with two attached hydrogens (primary N) is 1. The summed E-state index contributed by atoms with van der Waals surface area (Å²) in [6.07, 6.45) is 1.42. The van der Waals surface area contributed by atoms with Crippen LogP contribution in [0.2, 0.25) is 0 Å². The lowest BCUT2D eigenvalue weighted by Gasteiger charge is -1.93. The van der Waals surface area contributed by atoms with Gasteiger partial charge in [0.15, 0.2) is 5.65 Å². The van der Waals surface area contributed by atoms with E-state index in [1.807, 2.05) is 14.0 Å². The molecule has 0 fully saturated rings. The van der Waals surface area contributed by atoms with Gasteiger partial charge in [-0.3, -0.25) is 4.68 Å². The molecule has 12 heavy (non-hydrogen) atoms. The largest absolute Gasteiger partial charge is 0.383 e. The van der Waals surface area contributed by atoms with Crippen LogP contribution >= 0.6 is 0 Å². The third-order valence-electron chi connectivity index (χ3n) is 1.95. The van der Waals surface area contributed by atoms with Crippen molar-refractivity contribution in [1.82, 2.24) is 19.7 Å². The van der Waals surface area contributed by atoms with Crippen LogP contribution in [0.1, 0.15) is 5.69 Å². The smallest absolute Gasteiger partial charge is 0.186 e. The Morgan fingerprint density at radius 3 is 2.83 bits per heavy atom. The molecule has 2 N–H and O–H groups in total. The number of aryl methyl sites for hydroxylation is 2. The molecule has 5 nitrogen and oxygen atoms in total. The first kappa shape index (κ1) is 7.02. The highest BCUT2D eigenvalue weighted by Crippen LogP contribution is 2.18. The van der Waals surface area contributed by atoms with Crippen LogP contribution in [0, 0.1) is 6.92 Å². The average Bonchev–Trinajstić information content (AvgIpc) is 2.29. The normalized spacial score (nSPS) is 10.8. The number of aromatic nitrogens is 4. The molecule has 0 radical (unpaired) electrons. The van der Waals surface area contributed by atoms with E-state index in [0.29, 0.717) is 11.5 Å². The van der Waals surface area contributed by atoms with Crippen molar-refractivity contribution in [3.05, 3.63) is 12.0 Å². The third-order valence-corrected chi connectivity index (χ3v) is 1.95. The van der Waals surface area contributed by atoms with Crippen LogP contribution in [0.15, 0.2) is 6.33 Å². The maximum absolute atomic E-state index is 5.67. The van der Waals surface area contributed by atoms with Gasteiger partial charge < -0.3 is 5.73 Å². The molecule has 0 saturated carbocycles. The number of hydrogen-bond donors (Lipinski definition) is 1. The zero-order valence-electron chi connectivity index (χ0n) is 6.94. The van der Waals surface area contributed by atoms with E-state index in [-0.39, 0.29) is 0 Å². The van der Waals surface area contributed by atoms with Crippen LogP contribution in [0.4, 0.5) is 5.82 Å². The summed E-state index contributed by atoms with van der Waals surface area (Å²) in [4.78, 5) is 7.90. The number of nitrogen functional groups attached to an aromatic ring is 1. The average molecular weight is 163 g/mol. The Bertz CT molecular complexity index is 431. The molecule has 0 bridgehead atoms. The first-order valence-corrected chi connectivity index (χ1v) is 3.60. The standard InChI is InChI=1S/C7H9N5/c1-4-5-6(8)9-3-10-7(5)11-12(4)2/h3H,1-2H3,(H2,8,9,10,11). The number of rotatable bonds is 0. The minimum Gasteiger partial charge on any atom is -0.383 e. The quantitative estimate of drug-likeness (QED) is 0.604. The fourth-order valence-corrected chi connectivity index (χ4v) is 1.19. The van der Waals surface area contributed by atoms with Crippen LogP contribution in [0.5, 0.6) is 0 Å². The Balaban J connectivity index is 2.97. The molecular formula is C7H9N5. The number of fused-ring (bicyclic) bond motifs is 1. The van der Waals surface area contributed by atoms with Crippen molar-refractivity contribution < 1.29 is 0 Å². The van der Waals surface area contributed by atoms with Crippen LogP contribution in [-0.2, 0) is 7.05 Å². The maximum atomic E-state index is 5.67. The number of hydrogen-bond acceptors (Lipinski definition) is 4. The van der Waals surface area contributed by atoms with Crippen molar-refractivity contribution in [2.24, 2.45) is 7.05 Å². The van der Waals surface area contributed by atoms with Gasteiger partial charge in [-0.25, -0.2) is 9.97 Å². The van der Waals surface area contributed by atoms with Crippen molar-refractivity contribution in [3.63, 3.8) is 0 Å². The summed E-state index contributed by atoms with van der Waals surface area (Å²) < 4.78 is 1.75. The molecule has 0 aliphatic carbocycles. The van der Waals surface area contributed by atoms with E-state index in [9.17, 15) is 0 Å². The molecule has 0 spiro atoms. The van der Waals surface area contributed by atoms with Gasteiger partial charge in [0.1, 0.15) is 12.1 Å². The minimum absolute atomic E-state index is 0.491. The first-order chi connectivity index (χ1) is 5.70. The van der Waals surface area contributed by atoms with Gasteiger partial charge in [-0.2, -0.15) is 5.10 Å². The van der Waals surface area contributed by atoms with Gasteiger partial charge in [0, 0.05) is 12.7 Å². The Morgan fingerprint density at radius 2 is 2.17 bits per heavy atom. The van der Waals surface area contributed by atoms with Gasteiger partial charge in [0.25, 0.3) is 0 Å². The fraction of sp³-hybridized carbons (Fsp3) is 0.286. The maximum Gasteiger partial charge on any atom is 0.186 e. The Kier molecular flexibility index (Phi) is 1.27. The molecule has 2 heterocycles. The van der Waals surface area contributed by atoms with Gasteiger partial charge in [0.2, 0.25) is 0 Å². The zero-order valence-corrected chi connectivity index (χ0v) is 6.94. The fourth-order valence-electron chi connectivity index (χ4n) is 1.19. The van der Waals surface area contributed by atoms with Crippen molar-refractivity contribution in [1.29, 1.82) is 0 Å². The molecular weight excluding hydrogens is 154 g/mol. The summed E-state index contributed by atoms with van der Waals surface area (Å²) in [5.41, 5.74) is 7.31. The van der Waals surface area contributed by atoms with Gasteiger partial charge in [0.05, 0.1) is 5.39 Å². The first-order valence-electron chi connectivity index (χ1n) is 3.60. The number of nitrogens with zero attached hydrogens (tertiary/aromatic N) is 4. The Labute approximate surface area is 69.2 Å². The molecule has 0 aliphatic heterocycles. The number of anilines is 1. The summed E-state index contributed by atoms with van der Waals surface area (Å²) in [6, 6.07) is 0. The molecule has 2 aromatic heterocycles. The summed E-state index contributed by atoms with van der Waals surface area (Å²) in [5.74, 6) is 0.491. The minimum atomic E-state index is 0.491. The zero-order chi connectivity index (χ0) is 8.72. The van der Waals surface area contributed by atoms with Crippen molar-refractivity contribution >= 4 is 16.9 Å². The highest BCUT2D eigenvalue weighted by Gasteiger charge is 2.08. The molecule has 0 saturated heterocycles. The van der Waals surface area contributed by atoms with E-state index in [1.54, 1.807) is 4.68 Å². The molecule has 0 aromatic carbocycles. The Morgan fingerprint density at radius 1 is 1.42 bits per heavy atom. The lowest BCUT2D eigenvalue weighted by molar-refractivity contribution is 0.748. The van der Waals surface area contributed by atoms with Gasteiger partial charge in [-0.15, -0.1) is 0 Å². The van der Waals surface area contributed by atoms with Gasteiger partial charge in [-0.05, 0) is 6.92 Å². The second-order valence-electron chi connectivity index (χ2n) is 2.67. The third kappa shape index (κ3) is 0.761. The van der Waals surface area contributed by atoms with Crippen molar-refractivity contribution in [2.45, 2.75) is 6.92 Å². The van der Waals surface area contributed by atoms with Crippen LogP contribution in [-0.4, -0.2) is 19.7 Å². The van der Waals surface area contributed by atoms with Crippen molar-refractivity contribution in [2.75, 3.05) is 5.73 Å². The molecule has 5 heteroatoms. The van der Waals surface area contributed by atoms with Crippen LogP contribution in [0.25, 0.3) is 11.0 Å². The molecule has 0 amide bonds. The summed E-state index contributed by atoms with van der Waals surface area (Å²) in [6.45, 7) is 1.94. The summed E-state index contributed by atoms with van der Waals surface area (Å²) >= 11 is 0. The van der Waals surface area contributed by atoms with E-state index < -0.39 is 0 Å². The van der Waals surface area contributed by atoms with Gasteiger partial charge in [-0.1, -0.05) is 0 Å². The van der Waals surface area contributed by atoms with Gasteiger partial charge >= 0.3 is 0 Å². The molecule has 0 unspecified atom stereocenters. The molecule has 62 valence electrons. The summed E-state index contributed by atoms with van der Waals surface area (Å²) in [7, 11) is 1.86. The predicted molar refractivity (Wildman–Crippen MR) is 45.5 cm³/mol. The van der Waals surface area contributed by atoms with E-state index in [0.717, 1.165) is 11.1 Å². The summed E-state index contributed by atoms with van der Waals surface area (Å²) in [5, 5.41) is 5.01. The van der Waals surface area contributed by atoms with E-state index >= 15 is 0 Å².